The molecule has 21 heavy (non-hydrogen) atoms. The van der Waals surface area contributed by atoms with Crippen LogP contribution in [0, 0.1) is 6.92 Å². The molecule has 0 saturated heterocycles. The van der Waals surface area contributed by atoms with Crippen molar-refractivity contribution >= 4 is 37.8 Å². The number of rotatable bonds is 1. The zero-order valence-electron chi connectivity index (χ0n) is 11.4. The first-order valence-corrected chi connectivity index (χ1v) is 7.57. The number of halogens is 1. The minimum absolute atomic E-state index is 0.789. The van der Waals surface area contributed by atoms with E-state index in [1.165, 1.54) is 5.56 Å². The first kappa shape index (κ1) is 12.6. The van der Waals surface area contributed by atoms with Crippen molar-refractivity contribution < 1.29 is 4.42 Å². The summed E-state index contributed by atoms with van der Waals surface area (Å²) in [6, 6.07) is 18.2. The molecule has 0 radical (unpaired) electrons. The number of benzene rings is 2. The van der Waals surface area contributed by atoms with Crippen LogP contribution in [-0.2, 0) is 0 Å². The third-order valence-corrected chi connectivity index (χ3v) is 4.71. The lowest BCUT2D eigenvalue weighted by molar-refractivity contribution is 0.628. The van der Waals surface area contributed by atoms with Gasteiger partial charge in [-0.1, -0.05) is 36.4 Å². The summed E-state index contributed by atoms with van der Waals surface area (Å²) < 4.78 is 6.93. The zero-order valence-corrected chi connectivity index (χ0v) is 13.0. The van der Waals surface area contributed by atoms with Crippen LogP contribution in [0.15, 0.2) is 63.5 Å². The van der Waals surface area contributed by atoms with Crippen molar-refractivity contribution in [3.63, 3.8) is 0 Å². The summed E-state index contributed by atoms with van der Waals surface area (Å²) in [5, 5.41) is 2.25. The molecule has 2 heterocycles. The maximum absolute atomic E-state index is 5.95. The van der Waals surface area contributed by atoms with E-state index in [0.717, 1.165) is 37.8 Å². The zero-order chi connectivity index (χ0) is 14.4. The molecule has 0 unspecified atom stereocenters. The molecule has 0 aliphatic rings. The molecule has 102 valence electrons. The van der Waals surface area contributed by atoms with Gasteiger partial charge in [0.15, 0.2) is 5.76 Å². The molecule has 0 N–H and O–H groups in total. The molecule has 0 amide bonds. The Balaban J connectivity index is 2.03. The van der Waals surface area contributed by atoms with Crippen LogP contribution < -0.4 is 0 Å². The van der Waals surface area contributed by atoms with Crippen LogP contribution in [-0.4, -0.2) is 4.98 Å². The molecule has 4 aromatic rings. The predicted octanol–water partition coefficient (Wildman–Crippen LogP) is 5.72. The summed E-state index contributed by atoms with van der Waals surface area (Å²) in [6.07, 6.45) is 0. The Labute approximate surface area is 130 Å². The fourth-order valence-electron chi connectivity index (χ4n) is 2.62. The fraction of sp³-hybridized carbons (Fsp3) is 0.0556. The van der Waals surface area contributed by atoms with Gasteiger partial charge in [-0.25, -0.2) is 4.98 Å². The number of aryl methyl sites for hydroxylation is 1. The van der Waals surface area contributed by atoms with Crippen LogP contribution in [0.25, 0.3) is 33.3 Å². The monoisotopic (exact) mass is 337 g/mol. The standard InChI is InChI=1S/C18H12BrNO/c1-11-13-7-3-4-8-14(13)20-18(17(11)19)16-10-12-6-2-5-9-15(12)21-16/h2-10H,1H3. The molecule has 0 bridgehead atoms. The molecule has 2 nitrogen and oxygen atoms in total. The highest BCUT2D eigenvalue weighted by Gasteiger charge is 2.15. The average molecular weight is 338 g/mol. The maximum Gasteiger partial charge on any atom is 0.154 e. The topological polar surface area (TPSA) is 26.0 Å². The molecule has 0 saturated carbocycles. The maximum atomic E-state index is 5.95. The highest BCUT2D eigenvalue weighted by molar-refractivity contribution is 9.10. The van der Waals surface area contributed by atoms with Gasteiger partial charge in [0.25, 0.3) is 0 Å². The normalized spacial score (nSPS) is 11.3. The Hall–Kier alpha value is -2.13. The minimum Gasteiger partial charge on any atom is -0.454 e. The van der Waals surface area contributed by atoms with E-state index in [2.05, 4.69) is 28.9 Å². The summed E-state index contributed by atoms with van der Waals surface area (Å²) >= 11 is 3.67. The third-order valence-electron chi connectivity index (χ3n) is 3.74. The molecule has 2 aromatic heterocycles. The molecule has 0 fully saturated rings. The highest BCUT2D eigenvalue weighted by atomic mass is 79.9. The van der Waals surface area contributed by atoms with Gasteiger partial charge in [-0.2, -0.15) is 0 Å². The van der Waals surface area contributed by atoms with Crippen molar-refractivity contribution in [3.05, 3.63) is 64.6 Å². The quantitative estimate of drug-likeness (QED) is 0.444. The first-order valence-electron chi connectivity index (χ1n) is 6.78. The van der Waals surface area contributed by atoms with Gasteiger partial charge in [-0.15, -0.1) is 0 Å². The Bertz CT molecular complexity index is 938. The lowest BCUT2D eigenvalue weighted by Crippen LogP contribution is -1.90. The molecule has 3 heteroatoms. The van der Waals surface area contributed by atoms with Crippen LogP contribution in [0.1, 0.15) is 5.56 Å². The van der Waals surface area contributed by atoms with E-state index in [1.807, 2.05) is 48.5 Å². The minimum atomic E-state index is 0.789. The van der Waals surface area contributed by atoms with E-state index in [4.69, 9.17) is 9.40 Å². The van der Waals surface area contributed by atoms with Gasteiger partial charge in [-0.05, 0) is 46.6 Å². The number of furan rings is 1. The number of para-hydroxylation sites is 2. The van der Waals surface area contributed by atoms with Crippen LogP contribution in [0.2, 0.25) is 0 Å². The van der Waals surface area contributed by atoms with E-state index in [0.29, 0.717) is 0 Å². The van der Waals surface area contributed by atoms with Gasteiger partial charge in [0, 0.05) is 10.8 Å². The number of aromatic nitrogens is 1. The van der Waals surface area contributed by atoms with Crippen molar-refractivity contribution in [1.29, 1.82) is 0 Å². The highest BCUT2D eigenvalue weighted by Crippen LogP contribution is 2.36. The van der Waals surface area contributed by atoms with Crippen molar-refractivity contribution in [2.75, 3.05) is 0 Å². The van der Waals surface area contributed by atoms with Gasteiger partial charge in [-0.3, -0.25) is 0 Å². The Morgan fingerprint density at radius 2 is 1.76 bits per heavy atom. The van der Waals surface area contributed by atoms with E-state index >= 15 is 0 Å². The second-order valence-electron chi connectivity index (χ2n) is 5.07. The van der Waals surface area contributed by atoms with Crippen molar-refractivity contribution in [2.45, 2.75) is 6.92 Å². The average Bonchev–Trinajstić information content (AvgIpc) is 2.94. The first-order chi connectivity index (χ1) is 10.2. The van der Waals surface area contributed by atoms with Crippen molar-refractivity contribution in [3.8, 4) is 11.5 Å². The Morgan fingerprint density at radius 1 is 1.00 bits per heavy atom. The molecule has 4 rings (SSSR count). The SMILES string of the molecule is Cc1c(Br)c(-c2cc3ccccc3o2)nc2ccccc12. The van der Waals surface area contributed by atoms with Crippen LogP contribution in [0.5, 0.6) is 0 Å². The van der Waals surface area contributed by atoms with Crippen LogP contribution >= 0.6 is 15.9 Å². The second-order valence-corrected chi connectivity index (χ2v) is 5.86. The van der Waals surface area contributed by atoms with E-state index < -0.39 is 0 Å². The number of pyridine rings is 1. The summed E-state index contributed by atoms with van der Waals surface area (Å²) in [6.45, 7) is 2.10. The smallest absolute Gasteiger partial charge is 0.154 e. The van der Waals surface area contributed by atoms with Gasteiger partial charge < -0.3 is 4.42 Å². The third kappa shape index (κ3) is 1.96. The van der Waals surface area contributed by atoms with Gasteiger partial charge >= 0.3 is 0 Å². The molecule has 0 atom stereocenters. The summed E-state index contributed by atoms with van der Waals surface area (Å²) in [5.41, 5.74) is 3.89. The van der Waals surface area contributed by atoms with Crippen molar-refractivity contribution in [2.24, 2.45) is 0 Å². The Morgan fingerprint density at radius 3 is 2.62 bits per heavy atom. The largest absolute Gasteiger partial charge is 0.454 e. The fourth-order valence-corrected chi connectivity index (χ4v) is 3.11. The van der Waals surface area contributed by atoms with Gasteiger partial charge in [0.2, 0.25) is 0 Å². The second kappa shape index (κ2) is 4.71. The molecular weight excluding hydrogens is 326 g/mol. The van der Waals surface area contributed by atoms with E-state index in [9.17, 15) is 0 Å². The number of hydrogen-bond acceptors (Lipinski definition) is 2. The van der Waals surface area contributed by atoms with E-state index in [-0.39, 0.29) is 0 Å². The summed E-state index contributed by atoms with van der Waals surface area (Å²) in [7, 11) is 0. The summed E-state index contributed by atoms with van der Waals surface area (Å²) in [4.78, 5) is 4.76. The molecule has 2 aromatic carbocycles. The number of fused-ring (bicyclic) bond motifs is 2. The summed E-state index contributed by atoms with van der Waals surface area (Å²) in [5.74, 6) is 0.789. The number of hydrogen-bond donors (Lipinski definition) is 0. The van der Waals surface area contributed by atoms with E-state index in [1.54, 1.807) is 0 Å². The van der Waals surface area contributed by atoms with Gasteiger partial charge in [0.1, 0.15) is 11.3 Å². The lowest BCUT2D eigenvalue weighted by atomic mass is 10.1. The van der Waals surface area contributed by atoms with Crippen LogP contribution in [0.4, 0.5) is 0 Å². The molecular formula is C18H12BrNO. The Kier molecular flexibility index (Phi) is 2.82. The number of nitrogens with zero attached hydrogens (tertiary/aromatic N) is 1. The van der Waals surface area contributed by atoms with Crippen LogP contribution in [0.3, 0.4) is 0 Å². The molecule has 0 aliphatic carbocycles. The molecule has 0 aliphatic heterocycles. The molecule has 0 spiro atoms. The van der Waals surface area contributed by atoms with Gasteiger partial charge in [0.05, 0.1) is 9.99 Å². The lowest BCUT2D eigenvalue weighted by Gasteiger charge is -2.08. The van der Waals surface area contributed by atoms with Crippen molar-refractivity contribution in [1.82, 2.24) is 4.98 Å². The predicted molar refractivity (Wildman–Crippen MR) is 89.4 cm³/mol.